The molecule has 6 nitrogen and oxygen atoms in total. The minimum absolute atomic E-state index is 0.135. The molecule has 0 aromatic heterocycles. The number of rotatable bonds is 3. The average Bonchev–Trinajstić information content (AvgIpc) is 2.70. The van der Waals surface area contributed by atoms with Crippen molar-refractivity contribution in [3.05, 3.63) is 63.1 Å². The molecule has 0 atom stereocenters. The van der Waals surface area contributed by atoms with Gasteiger partial charge in [0, 0.05) is 44.4 Å². The summed E-state index contributed by atoms with van der Waals surface area (Å²) in [6.07, 6.45) is 0. The van der Waals surface area contributed by atoms with E-state index in [9.17, 15) is 14.4 Å². The zero-order valence-corrected chi connectivity index (χ0v) is 17.7. The SMILES string of the molecule is CC(=O)Nc1cc(C(=O)N2CCN(C(=O)c3cccc(Cl)c3Cl)CC2)ccc1C. The highest BCUT2D eigenvalue weighted by atomic mass is 35.5. The van der Waals surface area contributed by atoms with Crippen molar-refractivity contribution in [2.75, 3.05) is 31.5 Å². The van der Waals surface area contributed by atoms with Crippen LogP contribution >= 0.6 is 23.2 Å². The number of benzene rings is 2. The van der Waals surface area contributed by atoms with Crippen LogP contribution in [0.1, 0.15) is 33.2 Å². The zero-order chi connectivity index (χ0) is 21.1. The van der Waals surface area contributed by atoms with E-state index in [1.165, 1.54) is 6.92 Å². The van der Waals surface area contributed by atoms with E-state index in [-0.39, 0.29) is 22.7 Å². The van der Waals surface area contributed by atoms with Crippen LogP contribution in [0.25, 0.3) is 0 Å². The molecule has 0 saturated carbocycles. The Balaban J connectivity index is 1.67. The Hall–Kier alpha value is -2.57. The Bertz CT molecular complexity index is 970. The van der Waals surface area contributed by atoms with Gasteiger partial charge >= 0.3 is 0 Å². The number of nitrogens with one attached hydrogen (secondary N) is 1. The second-order valence-electron chi connectivity index (χ2n) is 6.90. The van der Waals surface area contributed by atoms with E-state index in [1.807, 2.05) is 6.92 Å². The number of amides is 3. The topological polar surface area (TPSA) is 69.7 Å². The molecule has 3 amide bonds. The summed E-state index contributed by atoms with van der Waals surface area (Å²) < 4.78 is 0. The molecule has 0 bridgehead atoms. The van der Waals surface area contributed by atoms with E-state index >= 15 is 0 Å². The first-order chi connectivity index (χ1) is 13.8. The second-order valence-corrected chi connectivity index (χ2v) is 7.68. The maximum atomic E-state index is 12.9. The van der Waals surface area contributed by atoms with Crippen LogP contribution in [0.15, 0.2) is 36.4 Å². The van der Waals surface area contributed by atoms with Crippen LogP contribution in [-0.4, -0.2) is 53.7 Å². The van der Waals surface area contributed by atoms with Crippen LogP contribution in [0.2, 0.25) is 10.0 Å². The van der Waals surface area contributed by atoms with E-state index in [4.69, 9.17) is 23.2 Å². The van der Waals surface area contributed by atoms with Crippen LogP contribution in [0, 0.1) is 6.92 Å². The lowest BCUT2D eigenvalue weighted by molar-refractivity contribution is -0.114. The molecule has 1 aliphatic heterocycles. The normalized spacial score (nSPS) is 13.9. The number of nitrogens with zero attached hydrogens (tertiary/aromatic N) is 2. The Morgan fingerprint density at radius 1 is 0.931 bits per heavy atom. The summed E-state index contributed by atoms with van der Waals surface area (Å²) in [5, 5.41) is 3.31. The van der Waals surface area contributed by atoms with Gasteiger partial charge in [0.05, 0.1) is 15.6 Å². The fourth-order valence-corrected chi connectivity index (χ4v) is 3.60. The molecule has 1 fully saturated rings. The maximum Gasteiger partial charge on any atom is 0.255 e. The fraction of sp³-hybridized carbons (Fsp3) is 0.286. The van der Waals surface area contributed by atoms with Gasteiger partial charge < -0.3 is 15.1 Å². The minimum Gasteiger partial charge on any atom is -0.335 e. The fourth-order valence-electron chi connectivity index (χ4n) is 3.21. The highest BCUT2D eigenvalue weighted by Crippen LogP contribution is 2.27. The van der Waals surface area contributed by atoms with E-state index in [0.29, 0.717) is 48.0 Å². The molecular weight excluding hydrogens is 413 g/mol. The second kappa shape index (κ2) is 8.84. The Morgan fingerprint density at radius 3 is 2.17 bits per heavy atom. The molecule has 0 spiro atoms. The number of carbonyl (C=O) groups excluding carboxylic acids is 3. The molecule has 1 aliphatic rings. The highest BCUT2D eigenvalue weighted by Gasteiger charge is 2.27. The molecule has 8 heteroatoms. The molecule has 1 saturated heterocycles. The molecule has 3 rings (SSSR count). The standard InChI is InChI=1S/C21H21Cl2N3O3/c1-13-6-7-15(12-18(13)24-14(2)27)20(28)25-8-10-26(11-9-25)21(29)16-4-3-5-17(22)19(16)23/h3-7,12H,8-11H2,1-2H3,(H,24,27). The summed E-state index contributed by atoms with van der Waals surface area (Å²) in [6, 6.07) is 10.2. The lowest BCUT2D eigenvalue weighted by Crippen LogP contribution is -2.50. The zero-order valence-electron chi connectivity index (χ0n) is 16.2. The molecular formula is C21H21Cl2N3O3. The van der Waals surface area contributed by atoms with Gasteiger partial charge in [-0.1, -0.05) is 35.3 Å². The van der Waals surface area contributed by atoms with Gasteiger partial charge in [-0.15, -0.1) is 0 Å². The number of aryl methyl sites for hydroxylation is 1. The number of piperazine rings is 1. The Labute approximate surface area is 179 Å². The summed E-state index contributed by atoms with van der Waals surface area (Å²) in [6.45, 7) is 4.91. The summed E-state index contributed by atoms with van der Waals surface area (Å²) in [4.78, 5) is 40.3. The molecule has 0 radical (unpaired) electrons. The molecule has 29 heavy (non-hydrogen) atoms. The van der Waals surface area contributed by atoms with Gasteiger partial charge in [-0.2, -0.15) is 0 Å². The third-order valence-electron chi connectivity index (χ3n) is 4.83. The molecule has 2 aromatic rings. The van der Waals surface area contributed by atoms with Gasteiger partial charge in [0.1, 0.15) is 0 Å². The van der Waals surface area contributed by atoms with Crippen molar-refractivity contribution in [3.8, 4) is 0 Å². The molecule has 1 heterocycles. The molecule has 1 N–H and O–H groups in total. The van der Waals surface area contributed by atoms with Crippen LogP contribution in [-0.2, 0) is 4.79 Å². The first-order valence-electron chi connectivity index (χ1n) is 9.18. The lowest BCUT2D eigenvalue weighted by atomic mass is 10.1. The van der Waals surface area contributed by atoms with E-state index in [0.717, 1.165) is 5.56 Å². The van der Waals surface area contributed by atoms with Gasteiger partial charge in [0.25, 0.3) is 11.8 Å². The number of hydrogen-bond acceptors (Lipinski definition) is 3. The van der Waals surface area contributed by atoms with Crippen molar-refractivity contribution in [2.24, 2.45) is 0 Å². The third kappa shape index (κ3) is 4.71. The van der Waals surface area contributed by atoms with Crippen LogP contribution in [0.4, 0.5) is 5.69 Å². The maximum absolute atomic E-state index is 12.9. The van der Waals surface area contributed by atoms with E-state index in [1.54, 1.807) is 46.2 Å². The van der Waals surface area contributed by atoms with Gasteiger partial charge in [-0.3, -0.25) is 14.4 Å². The summed E-state index contributed by atoms with van der Waals surface area (Å²) in [5.74, 6) is -0.526. The Kier molecular flexibility index (Phi) is 6.45. The van der Waals surface area contributed by atoms with Crippen molar-refractivity contribution in [1.82, 2.24) is 9.80 Å². The van der Waals surface area contributed by atoms with Crippen molar-refractivity contribution >= 4 is 46.6 Å². The minimum atomic E-state index is -0.201. The number of hydrogen-bond donors (Lipinski definition) is 1. The number of carbonyl (C=O) groups is 3. The summed E-state index contributed by atoms with van der Waals surface area (Å²) in [5.41, 5.74) is 2.35. The highest BCUT2D eigenvalue weighted by molar-refractivity contribution is 6.43. The van der Waals surface area contributed by atoms with Gasteiger partial charge in [0.2, 0.25) is 5.91 Å². The largest absolute Gasteiger partial charge is 0.335 e. The van der Waals surface area contributed by atoms with Crippen molar-refractivity contribution in [1.29, 1.82) is 0 Å². The predicted octanol–water partition coefficient (Wildman–Crippen LogP) is 3.86. The van der Waals surface area contributed by atoms with Crippen LogP contribution < -0.4 is 5.32 Å². The first-order valence-corrected chi connectivity index (χ1v) is 9.94. The van der Waals surface area contributed by atoms with Crippen LogP contribution in [0.3, 0.4) is 0 Å². The van der Waals surface area contributed by atoms with Crippen molar-refractivity contribution in [2.45, 2.75) is 13.8 Å². The monoisotopic (exact) mass is 433 g/mol. The number of anilines is 1. The summed E-state index contributed by atoms with van der Waals surface area (Å²) in [7, 11) is 0. The first kappa shape index (κ1) is 21.1. The predicted molar refractivity (Wildman–Crippen MR) is 114 cm³/mol. The van der Waals surface area contributed by atoms with Crippen molar-refractivity contribution in [3.63, 3.8) is 0 Å². The number of halogens is 2. The lowest BCUT2D eigenvalue weighted by Gasteiger charge is -2.35. The van der Waals surface area contributed by atoms with E-state index in [2.05, 4.69) is 5.32 Å². The van der Waals surface area contributed by atoms with Gasteiger partial charge in [-0.25, -0.2) is 0 Å². The Morgan fingerprint density at radius 2 is 1.55 bits per heavy atom. The van der Waals surface area contributed by atoms with Gasteiger partial charge in [-0.05, 0) is 36.8 Å². The third-order valence-corrected chi connectivity index (χ3v) is 5.65. The van der Waals surface area contributed by atoms with E-state index < -0.39 is 0 Å². The molecule has 2 aromatic carbocycles. The molecule has 0 unspecified atom stereocenters. The molecule has 152 valence electrons. The summed E-state index contributed by atoms with van der Waals surface area (Å²) >= 11 is 12.2. The van der Waals surface area contributed by atoms with Gasteiger partial charge in [0.15, 0.2) is 0 Å². The van der Waals surface area contributed by atoms with Crippen molar-refractivity contribution < 1.29 is 14.4 Å². The smallest absolute Gasteiger partial charge is 0.255 e. The average molecular weight is 434 g/mol. The quantitative estimate of drug-likeness (QED) is 0.798. The van der Waals surface area contributed by atoms with Crippen LogP contribution in [0.5, 0.6) is 0 Å². The molecule has 0 aliphatic carbocycles.